The number of amides is 1. The fourth-order valence-corrected chi connectivity index (χ4v) is 2.08. The van der Waals surface area contributed by atoms with E-state index in [1.54, 1.807) is 36.8 Å². The van der Waals surface area contributed by atoms with E-state index in [0.29, 0.717) is 11.4 Å². The lowest BCUT2D eigenvalue weighted by Crippen LogP contribution is -2.12. The highest BCUT2D eigenvalue weighted by Gasteiger charge is 2.08. The molecule has 0 radical (unpaired) electrons. The van der Waals surface area contributed by atoms with Crippen LogP contribution in [0.2, 0.25) is 0 Å². The molecule has 1 aromatic carbocycles. The van der Waals surface area contributed by atoms with Crippen LogP contribution in [0, 0.1) is 0 Å². The number of H-pyrrole nitrogens is 1. The first-order valence-electron chi connectivity index (χ1n) is 5.58. The minimum Gasteiger partial charge on any atom is -0.356 e. The number of nitrogens with one attached hydrogen (secondary N) is 2. The van der Waals surface area contributed by atoms with E-state index >= 15 is 0 Å². The van der Waals surface area contributed by atoms with Crippen LogP contribution in [0.1, 0.15) is 10.5 Å². The molecule has 0 aliphatic carbocycles. The molecule has 2 heterocycles. The molecule has 0 aliphatic rings. The normalized spacial score (nSPS) is 10.6. The van der Waals surface area contributed by atoms with Crippen molar-refractivity contribution in [3.63, 3.8) is 0 Å². The number of hydrogen-bond donors (Lipinski definition) is 2. The monoisotopic (exact) mass is 316 g/mol. The van der Waals surface area contributed by atoms with E-state index in [1.807, 2.05) is 6.07 Å². The van der Waals surface area contributed by atoms with Crippen LogP contribution >= 0.6 is 15.9 Å². The van der Waals surface area contributed by atoms with Gasteiger partial charge in [0.15, 0.2) is 0 Å². The molecule has 2 aromatic heterocycles. The molecule has 19 heavy (non-hydrogen) atoms. The van der Waals surface area contributed by atoms with Crippen LogP contribution in [-0.2, 0) is 0 Å². The lowest BCUT2D eigenvalue weighted by Gasteiger charge is -2.04. The molecule has 0 aliphatic heterocycles. The number of rotatable bonds is 2. The molecule has 0 spiro atoms. The van der Waals surface area contributed by atoms with Gasteiger partial charge in [-0.3, -0.25) is 14.8 Å². The Labute approximate surface area is 117 Å². The molecule has 3 rings (SSSR count). The first kappa shape index (κ1) is 11.9. The second kappa shape index (κ2) is 4.81. The van der Waals surface area contributed by atoms with E-state index in [0.717, 1.165) is 15.5 Å². The summed E-state index contributed by atoms with van der Waals surface area (Å²) in [6.45, 7) is 0. The number of aromatic nitrogens is 3. The van der Waals surface area contributed by atoms with Gasteiger partial charge in [0.25, 0.3) is 5.91 Å². The summed E-state index contributed by atoms with van der Waals surface area (Å²) in [6.07, 6.45) is 4.97. The van der Waals surface area contributed by atoms with Crippen LogP contribution in [0.5, 0.6) is 0 Å². The van der Waals surface area contributed by atoms with Gasteiger partial charge in [-0.1, -0.05) is 0 Å². The molecule has 0 saturated heterocycles. The molecule has 1 amide bonds. The zero-order valence-corrected chi connectivity index (χ0v) is 11.3. The van der Waals surface area contributed by atoms with Gasteiger partial charge in [0, 0.05) is 28.8 Å². The maximum absolute atomic E-state index is 12.0. The summed E-state index contributed by atoms with van der Waals surface area (Å²) in [7, 11) is 0. The van der Waals surface area contributed by atoms with Crippen LogP contribution in [0.3, 0.4) is 0 Å². The van der Waals surface area contributed by atoms with Crippen molar-refractivity contribution in [2.45, 2.75) is 0 Å². The van der Waals surface area contributed by atoms with Crippen molar-refractivity contribution >= 4 is 38.6 Å². The molecule has 0 unspecified atom stereocenters. The Balaban J connectivity index is 1.87. The number of carbonyl (C=O) groups is 1. The summed E-state index contributed by atoms with van der Waals surface area (Å²) in [5.74, 6) is -0.200. The van der Waals surface area contributed by atoms with E-state index < -0.39 is 0 Å². The SMILES string of the molecule is O=C(Nc1ccc2nccnc2c1)c1cc(Br)c[nH]1. The van der Waals surface area contributed by atoms with Crippen molar-refractivity contribution < 1.29 is 4.79 Å². The fourth-order valence-electron chi connectivity index (χ4n) is 1.74. The summed E-state index contributed by atoms with van der Waals surface area (Å²) in [5, 5.41) is 2.80. The van der Waals surface area contributed by atoms with E-state index in [1.165, 1.54) is 0 Å². The topological polar surface area (TPSA) is 70.7 Å². The molecule has 0 saturated carbocycles. The third-order valence-electron chi connectivity index (χ3n) is 2.62. The number of benzene rings is 1. The van der Waals surface area contributed by atoms with Crippen LogP contribution < -0.4 is 5.32 Å². The van der Waals surface area contributed by atoms with Gasteiger partial charge in [0.1, 0.15) is 5.69 Å². The van der Waals surface area contributed by atoms with Crippen LogP contribution in [0.25, 0.3) is 11.0 Å². The van der Waals surface area contributed by atoms with Gasteiger partial charge < -0.3 is 10.3 Å². The smallest absolute Gasteiger partial charge is 0.272 e. The Bertz CT molecular complexity index is 753. The molecule has 2 N–H and O–H groups in total. The molecule has 0 bridgehead atoms. The van der Waals surface area contributed by atoms with Gasteiger partial charge in [-0.25, -0.2) is 0 Å². The lowest BCUT2D eigenvalue weighted by molar-refractivity contribution is 0.102. The maximum atomic E-state index is 12.0. The third kappa shape index (κ3) is 2.48. The Kier molecular flexibility index (Phi) is 3.00. The van der Waals surface area contributed by atoms with Crippen LogP contribution in [0.4, 0.5) is 5.69 Å². The first-order chi connectivity index (χ1) is 9.22. The molecular formula is C13H9BrN4O. The van der Waals surface area contributed by atoms with Gasteiger partial charge in [0.2, 0.25) is 0 Å². The van der Waals surface area contributed by atoms with Crippen LogP contribution in [-0.4, -0.2) is 20.9 Å². The van der Waals surface area contributed by atoms with Crippen molar-refractivity contribution in [3.05, 3.63) is 53.0 Å². The highest BCUT2D eigenvalue weighted by molar-refractivity contribution is 9.10. The van der Waals surface area contributed by atoms with Crippen molar-refractivity contribution in [2.24, 2.45) is 0 Å². The summed E-state index contributed by atoms with van der Waals surface area (Å²) in [5.41, 5.74) is 2.71. The average Bonchev–Trinajstić information content (AvgIpc) is 2.85. The summed E-state index contributed by atoms with van der Waals surface area (Å²) < 4.78 is 0.835. The number of hydrogen-bond acceptors (Lipinski definition) is 3. The maximum Gasteiger partial charge on any atom is 0.272 e. The summed E-state index contributed by atoms with van der Waals surface area (Å²) >= 11 is 3.29. The predicted octanol–water partition coefficient (Wildman–Crippen LogP) is 2.97. The second-order valence-corrected chi connectivity index (χ2v) is 4.86. The van der Waals surface area contributed by atoms with Gasteiger partial charge in [-0.05, 0) is 40.2 Å². The molecule has 6 heteroatoms. The molecule has 0 atom stereocenters. The van der Waals surface area contributed by atoms with Crippen molar-refractivity contribution in [3.8, 4) is 0 Å². The Morgan fingerprint density at radius 3 is 2.68 bits per heavy atom. The van der Waals surface area contributed by atoms with E-state index in [9.17, 15) is 4.79 Å². The molecular weight excluding hydrogens is 308 g/mol. The zero-order chi connectivity index (χ0) is 13.2. The first-order valence-corrected chi connectivity index (χ1v) is 6.38. The zero-order valence-electron chi connectivity index (χ0n) is 9.72. The third-order valence-corrected chi connectivity index (χ3v) is 3.08. The number of halogens is 1. The van der Waals surface area contributed by atoms with E-state index in [4.69, 9.17) is 0 Å². The number of carbonyl (C=O) groups excluding carboxylic acids is 1. The lowest BCUT2D eigenvalue weighted by atomic mass is 10.2. The number of anilines is 1. The molecule has 3 aromatic rings. The van der Waals surface area contributed by atoms with Gasteiger partial charge in [-0.15, -0.1) is 0 Å². The quantitative estimate of drug-likeness (QED) is 0.763. The van der Waals surface area contributed by atoms with Gasteiger partial charge in [0.05, 0.1) is 11.0 Å². The highest BCUT2D eigenvalue weighted by atomic mass is 79.9. The summed E-state index contributed by atoms with van der Waals surface area (Å²) in [6, 6.07) is 7.13. The number of nitrogens with zero attached hydrogens (tertiary/aromatic N) is 2. The van der Waals surface area contributed by atoms with Gasteiger partial charge in [-0.2, -0.15) is 0 Å². The Morgan fingerprint density at radius 1 is 1.16 bits per heavy atom. The van der Waals surface area contributed by atoms with Crippen molar-refractivity contribution in [2.75, 3.05) is 5.32 Å². The van der Waals surface area contributed by atoms with E-state index in [-0.39, 0.29) is 5.91 Å². The van der Waals surface area contributed by atoms with Crippen LogP contribution in [0.15, 0.2) is 47.3 Å². The minimum atomic E-state index is -0.200. The van der Waals surface area contributed by atoms with Crippen molar-refractivity contribution in [1.82, 2.24) is 15.0 Å². The van der Waals surface area contributed by atoms with E-state index in [2.05, 4.69) is 36.2 Å². The Hall–Kier alpha value is -2.21. The molecule has 5 nitrogen and oxygen atoms in total. The van der Waals surface area contributed by atoms with Gasteiger partial charge >= 0.3 is 0 Å². The average molecular weight is 317 g/mol. The predicted molar refractivity (Wildman–Crippen MR) is 76.0 cm³/mol. The standard InChI is InChI=1S/C13H9BrN4O/c14-8-5-12(17-7-8)13(19)18-9-1-2-10-11(6-9)16-4-3-15-10/h1-7,17H,(H,18,19). The second-order valence-electron chi connectivity index (χ2n) is 3.95. The minimum absolute atomic E-state index is 0.200. The molecule has 0 fully saturated rings. The van der Waals surface area contributed by atoms with Crippen molar-refractivity contribution in [1.29, 1.82) is 0 Å². The largest absolute Gasteiger partial charge is 0.356 e. The summed E-state index contributed by atoms with van der Waals surface area (Å²) in [4.78, 5) is 23.2. The Morgan fingerprint density at radius 2 is 1.95 bits per heavy atom. The number of fused-ring (bicyclic) bond motifs is 1. The molecule has 94 valence electrons. The highest BCUT2D eigenvalue weighted by Crippen LogP contribution is 2.17. The number of aromatic amines is 1. The fraction of sp³-hybridized carbons (Fsp3) is 0.